The third kappa shape index (κ3) is 4.95. The molecule has 0 bridgehead atoms. The number of carbonyl (C=O) groups excluding carboxylic acids is 2. The Labute approximate surface area is 156 Å². The molecule has 25 heavy (non-hydrogen) atoms. The first-order valence-electron chi connectivity index (χ1n) is 8.23. The largest absolute Gasteiger partial charge is 0.444 e. The second kappa shape index (κ2) is 7.33. The van der Waals surface area contributed by atoms with E-state index in [1.165, 1.54) is 4.90 Å². The van der Waals surface area contributed by atoms with E-state index >= 15 is 0 Å². The van der Waals surface area contributed by atoms with E-state index in [4.69, 9.17) is 4.74 Å². The molecule has 2 rings (SSSR count). The average Bonchev–Trinajstić information content (AvgIpc) is 2.85. The molecule has 138 valence electrons. The molecule has 2 N–H and O–H groups in total. The molecule has 1 aliphatic heterocycles. The minimum Gasteiger partial charge on any atom is -0.444 e. The van der Waals surface area contributed by atoms with Crippen LogP contribution in [0.3, 0.4) is 0 Å². The lowest BCUT2D eigenvalue weighted by molar-refractivity contribution is -0.120. The summed E-state index contributed by atoms with van der Waals surface area (Å²) >= 11 is 3.44. The maximum atomic E-state index is 12.7. The lowest BCUT2D eigenvalue weighted by Crippen LogP contribution is -2.45. The van der Waals surface area contributed by atoms with Crippen molar-refractivity contribution in [1.29, 1.82) is 0 Å². The Morgan fingerprint density at radius 1 is 1.28 bits per heavy atom. The van der Waals surface area contributed by atoms with Gasteiger partial charge in [-0.15, -0.1) is 0 Å². The number of hydrogen-bond donors (Lipinski definition) is 2. The predicted molar refractivity (Wildman–Crippen MR) is 99.6 cm³/mol. The van der Waals surface area contributed by atoms with Crippen molar-refractivity contribution in [2.75, 3.05) is 11.9 Å². The minimum absolute atomic E-state index is 0.0844. The summed E-state index contributed by atoms with van der Waals surface area (Å²) in [5.74, 6) is -0.341. The number of halogens is 1. The topological polar surface area (TPSA) is 78.9 Å². The molecule has 1 heterocycles. The van der Waals surface area contributed by atoms with E-state index in [-0.39, 0.29) is 18.9 Å². The van der Waals surface area contributed by atoms with Crippen LogP contribution in [-0.2, 0) is 9.53 Å². The minimum atomic E-state index is -0.765. The zero-order valence-corrected chi connectivity index (χ0v) is 16.8. The second-order valence-corrected chi connectivity index (χ2v) is 8.30. The van der Waals surface area contributed by atoms with E-state index in [0.29, 0.717) is 5.69 Å². The number of benzene rings is 1. The Morgan fingerprint density at radius 2 is 1.88 bits per heavy atom. The molecular weight excluding hydrogens is 388 g/mol. The molecule has 1 saturated heterocycles. The Bertz CT molecular complexity index is 684. The van der Waals surface area contributed by atoms with E-state index in [9.17, 15) is 14.7 Å². The highest BCUT2D eigenvalue weighted by Crippen LogP contribution is 2.28. The van der Waals surface area contributed by atoms with Gasteiger partial charge in [0.1, 0.15) is 11.6 Å². The maximum Gasteiger partial charge on any atom is 0.411 e. The first-order valence-corrected chi connectivity index (χ1v) is 9.02. The number of rotatable bonds is 2. The third-order valence-electron chi connectivity index (χ3n) is 4.05. The highest BCUT2D eigenvalue weighted by molar-refractivity contribution is 9.10. The number of aliphatic hydroxyl groups is 1. The quantitative estimate of drug-likeness (QED) is 0.779. The van der Waals surface area contributed by atoms with Crippen LogP contribution in [0.2, 0.25) is 0 Å². The molecule has 2 atom stereocenters. The van der Waals surface area contributed by atoms with Gasteiger partial charge in [-0.3, -0.25) is 9.69 Å². The summed E-state index contributed by atoms with van der Waals surface area (Å²) in [6.07, 6.45) is -1.15. The number of carbonyl (C=O) groups is 2. The van der Waals surface area contributed by atoms with Crippen LogP contribution >= 0.6 is 15.9 Å². The molecule has 0 unspecified atom stereocenters. The molecule has 0 saturated carbocycles. The van der Waals surface area contributed by atoms with Gasteiger partial charge in [0.2, 0.25) is 5.91 Å². The fourth-order valence-corrected chi connectivity index (χ4v) is 3.23. The second-order valence-electron chi connectivity index (χ2n) is 7.44. The van der Waals surface area contributed by atoms with E-state index in [2.05, 4.69) is 21.2 Å². The number of nitrogens with one attached hydrogen (secondary N) is 1. The number of ether oxygens (including phenoxy) is 1. The first kappa shape index (κ1) is 19.7. The predicted octanol–water partition coefficient (Wildman–Crippen LogP) is 3.37. The van der Waals surface area contributed by atoms with Crippen LogP contribution in [0, 0.1) is 13.8 Å². The van der Waals surface area contributed by atoms with Gasteiger partial charge in [0.25, 0.3) is 0 Å². The van der Waals surface area contributed by atoms with E-state index in [1.807, 2.05) is 26.0 Å². The monoisotopic (exact) mass is 412 g/mol. The number of amides is 2. The van der Waals surface area contributed by atoms with Crippen molar-refractivity contribution in [2.45, 2.75) is 58.8 Å². The number of hydrogen-bond acceptors (Lipinski definition) is 4. The SMILES string of the molecule is Cc1cc(Br)c(NC(=O)[C@@H]2C[C@H](O)CN2C(=O)OC(C)(C)C)cc1C. The number of nitrogens with zero attached hydrogens (tertiary/aromatic N) is 1. The summed E-state index contributed by atoms with van der Waals surface area (Å²) in [6.45, 7) is 9.32. The van der Waals surface area contributed by atoms with Crippen molar-refractivity contribution in [1.82, 2.24) is 4.90 Å². The van der Waals surface area contributed by atoms with E-state index in [1.54, 1.807) is 20.8 Å². The molecule has 6 nitrogen and oxygen atoms in total. The van der Waals surface area contributed by atoms with Crippen LogP contribution in [0.1, 0.15) is 38.3 Å². The summed E-state index contributed by atoms with van der Waals surface area (Å²) in [5.41, 5.74) is 2.13. The van der Waals surface area contributed by atoms with Crippen LogP contribution in [0.5, 0.6) is 0 Å². The van der Waals surface area contributed by atoms with Gasteiger partial charge < -0.3 is 15.2 Å². The van der Waals surface area contributed by atoms with Crippen LogP contribution < -0.4 is 5.32 Å². The van der Waals surface area contributed by atoms with E-state index < -0.39 is 23.8 Å². The zero-order valence-electron chi connectivity index (χ0n) is 15.2. The van der Waals surface area contributed by atoms with Crippen molar-refractivity contribution in [3.05, 3.63) is 27.7 Å². The summed E-state index contributed by atoms with van der Waals surface area (Å²) in [7, 11) is 0. The fraction of sp³-hybridized carbons (Fsp3) is 0.556. The Balaban J connectivity index is 2.16. The Morgan fingerprint density at radius 3 is 2.48 bits per heavy atom. The van der Waals surface area contributed by atoms with Gasteiger partial charge in [-0.2, -0.15) is 0 Å². The fourth-order valence-electron chi connectivity index (χ4n) is 2.68. The molecule has 1 aromatic carbocycles. The van der Waals surface area contributed by atoms with Gasteiger partial charge in [0, 0.05) is 10.9 Å². The summed E-state index contributed by atoms with van der Waals surface area (Å²) in [5, 5.41) is 12.8. The molecule has 1 aliphatic rings. The van der Waals surface area contributed by atoms with Crippen LogP contribution in [-0.4, -0.2) is 46.3 Å². The number of anilines is 1. The smallest absolute Gasteiger partial charge is 0.411 e. The van der Waals surface area contributed by atoms with Crippen molar-refractivity contribution in [2.24, 2.45) is 0 Å². The van der Waals surface area contributed by atoms with Gasteiger partial charge >= 0.3 is 6.09 Å². The summed E-state index contributed by atoms with van der Waals surface area (Å²) in [6, 6.07) is 3.04. The van der Waals surface area contributed by atoms with Crippen LogP contribution in [0.25, 0.3) is 0 Å². The normalized spacial score (nSPS) is 20.5. The summed E-state index contributed by atoms with van der Waals surface area (Å²) < 4.78 is 6.12. The molecule has 0 spiro atoms. The highest BCUT2D eigenvalue weighted by Gasteiger charge is 2.41. The van der Waals surface area contributed by atoms with Gasteiger partial charge in [0.05, 0.1) is 18.3 Å². The molecule has 1 fully saturated rings. The molecule has 0 aliphatic carbocycles. The lowest BCUT2D eigenvalue weighted by atomic mass is 10.1. The maximum absolute atomic E-state index is 12.7. The van der Waals surface area contributed by atoms with Crippen molar-refractivity contribution >= 4 is 33.6 Å². The van der Waals surface area contributed by atoms with Crippen LogP contribution in [0.4, 0.5) is 10.5 Å². The Kier molecular flexibility index (Phi) is 5.79. The van der Waals surface area contributed by atoms with Gasteiger partial charge in [0.15, 0.2) is 0 Å². The first-order chi connectivity index (χ1) is 11.5. The molecular formula is C18H25BrN2O4. The Hall–Kier alpha value is -1.60. The average molecular weight is 413 g/mol. The van der Waals surface area contributed by atoms with Crippen LogP contribution in [0.15, 0.2) is 16.6 Å². The molecule has 1 aromatic rings. The third-order valence-corrected chi connectivity index (χ3v) is 4.71. The number of aliphatic hydroxyl groups excluding tert-OH is 1. The molecule has 2 amide bonds. The van der Waals surface area contributed by atoms with Crippen molar-refractivity contribution in [3.63, 3.8) is 0 Å². The summed E-state index contributed by atoms with van der Waals surface area (Å²) in [4.78, 5) is 26.3. The van der Waals surface area contributed by atoms with Crippen molar-refractivity contribution in [3.8, 4) is 0 Å². The van der Waals surface area contributed by atoms with Crippen molar-refractivity contribution < 1.29 is 19.4 Å². The lowest BCUT2D eigenvalue weighted by Gasteiger charge is -2.28. The number of likely N-dealkylation sites (tertiary alicyclic amines) is 1. The van der Waals surface area contributed by atoms with Gasteiger partial charge in [-0.1, -0.05) is 0 Å². The zero-order chi connectivity index (χ0) is 18.9. The standard InChI is InChI=1S/C18H25BrN2O4/c1-10-6-13(19)14(7-11(10)2)20-16(23)15-8-12(22)9-21(15)17(24)25-18(3,4)5/h6-7,12,15,22H,8-9H2,1-5H3,(H,20,23)/t12-,15-/m0/s1. The van der Waals surface area contributed by atoms with Gasteiger partial charge in [-0.05, 0) is 73.8 Å². The molecule has 0 radical (unpaired) electrons. The number of aryl methyl sites for hydroxylation is 2. The highest BCUT2D eigenvalue weighted by atomic mass is 79.9. The molecule has 0 aromatic heterocycles. The molecule has 7 heteroatoms. The van der Waals surface area contributed by atoms with E-state index in [0.717, 1.165) is 15.6 Å². The van der Waals surface area contributed by atoms with Gasteiger partial charge in [-0.25, -0.2) is 4.79 Å². The number of β-amino-alcohol motifs (C(OH)–C–C–N with tert-alkyl or cyclic N) is 1.